The van der Waals surface area contributed by atoms with E-state index >= 15 is 0 Å². The fourth-order valence-electron chi connectivity index (χ4n) is 6.96. The van der Waals surface area contributed by atoms with E-state index < -0.39 is 36.2 Å². The highest BCUT2D eigenvalue weighted by Crippen LogP contribution is 2.41. The molecule has 0 fully saturated rings. The molecule has 7 rings (SSSR count). The number of carbonyl (C=O) groups excluding carboxylic acids is 2. The van der Waals surface area contributed by atoms with Crippen molar-refractivity contribution in [3.8, 4) is 28.4 Å². The minimum Gasteiger partial charge on any atom is -0.489 e. The Morgan fingerprint density at radius 1 is 0.931 bits per heavy atom. The number of pyridine rings is 1. The van der Waals surface area contributed by atoms with Crippen molar-refractivity contribution in [2.24, 2.45) is 5.92 Å². The van der Waals surface area contributed by atoms with Gasteiger partial charge in [-0.2, -0.15) is 0 Å². The molecule has 4 aromatic carbocycles. The van der Waals surface area contributed by atoms with Crippen LogP contribution in [0.3, 0.4) is 0 Å². The summed E-state index contributed by atoms with van der Waals surface area (Å²) in [5, 5.41) is 13.9. The molecule has 2 aliphatic rings. The Kier molecular flexibility index (Phi) is 12.4. The molecule has 0 saturated carbocycles. The van der Waals surface area contributed by atoms with Crippen LogP contribution in [0, 0.1) is 12.8 Å². The largest absolute Gasteiger partial charge is 0.489 e. The Bertz CT molecular complexity index is 2300. The number of hydrogen-bond donors (Lipinski definition) is 2. The molecule has 3 unspecified atom stereocenters. The van der Waals surface area contributed by atoms with E-state index in [4.69, 9.17) is 42.1 Å². The number of nitrogens with one attached hydrogen (secondary N) is 1. The van der Waals surface area contributed by atoms with E-state index in [9.17, 15) is 19.5 Å². The number of ether oxygens (including phenoxy) is 4. The van der Waals surface area contributed by atoms with Crippen molar-refractivity contribution in [3.05, 3.63) is 141 Å². The van der Waals surface area contributed by atoms with Crippen molar-refractivity contribution in [2.75, 3.05) is 13.2 Å². The van der Waals surface area contributed by atoms with Gasteiger partial charge in [-0.25, -0.2) is 9.59 Å². The van der Waals surface area contributed by atoms with E-state index in [1.165, 1.54) is 4.90 Å². The van der Waals surface area contributed by atoms with Crippen LogP contribution in [0.2, 0.25) is 10.0 Å². The normalized spacial score (nSPS) is 16.3. The van der Waals surface area contributed by atoms with Crippen molar-refractivity contribution in [3.63, 3.8) is 0 Å². The SMILES string of the molecule is Cc1cnccc1-c1ccc(CC(NC(=O)C2Cc3cc4c(cc3CN2C(=O)OCC(C)C)OC(c2ccc(OCc3ccc(Cl)c(Cl)c3)cc2)CO4)C(=O)O)cc1. The van der Waals surface area contributed by atoms with E-state index in [0.29, 0.717) is 33.9 Å². The van der Waals surface area contributed by atoms with E-state index in [2.05, 4.69) is 10.3 Å². The van der Waals surface area contributed by atoms with Gasteiger partial charge in [0.05, 0.1) is 23.2 Å². The first kappa shape index (κ1) is 40.4. The van der Waals surface area contributed by atoms with E-state index in [-0.39, 0.29) is 38.5 Å². The van der Waals surface area contributed by atoms with Crippen molar-refractivity contribution in [1.29, 1.82) is 0 Å². The predicted molar refractivity (Wildman–Crippen MR) is 219 cm³/mol. The summed E-state index contributed by atoms with van der Waals surface area (Å²) < 4.78 is 24.2. The number of benzene rings is 4. The Balaban J connectivity index is 1.04. The van der Waals surface area contributed by atoms with Gasteiger partial charge in [0.25, 0.3) is 0 Å². The number of hydrogen-bond acceptors (Lipinski definition) is 8. The van der Waals surface area contributed by atoms with Gasteiger partial charge < -0.3 is 29.4 Å². The van der Waals surface area contributed by atoms with Crippen LogP contribution >= 0.6 is 23.2 Å². The zero-order chi connectivity index (χ0) is 40.9. The Hall–Kier alpha value is -5.78. The van der Waals surface area contributed by atoms with Gasteiger partial charge in [0.15, 0.2) is 17.6 Å². The van der Waals surface area contributed by atoms with Crippen LogP contribution in [0.1, 0.15) is 53.3 Å². The summed E-state index contributed by atoms with van der Waals surface area (Å²) in [4.78, 5) is 45.5. The molecule has 1 aromatic heterocycles. The molecule has 0 spiro atoms. The number of fused-ring (bicyclic) bond motifs is 2. The lowest BCUT2D eigenvalue weighted by Crippen LogP contribution is -2.56. The molecule has 2 N–H and O–H groups in total. The molecular formula is C45H43Cl2N3O8. The molecule has 0 radical (unpaired) electrons. The number of carbonyl (C=O) groups is 3. The predicted octanol–water partition coefficient (Wildman–Crippen LogP) is 8.79. The minimum atomic E-state index is -1.24. The number of aliphatic carboxylic acids is 1. The second-order valence-electron chi connectivity index (χ2n) is 14.9. The number of amides is 2. The first-order chi connectivity index (χ1) is 27.9. The van der Waals surface area contributed by atoms with Gasteiger partial charge in [0.1, 0.15) is 31.0 Å². The highest BCUT2D eigenvalue weighted by molar-refractivity contribution is 6.42. The lowest BCUT2D eigenvalue weighted by molar-refractivity contribution is -0.142. The summed E-state index contributed by atoms with van der Waals surface area (Å²) in [7, 11) is 0. The van der Waals surface area contributed by atoms with Crippen LogP contribution in [0.5, 0.6) is 17.2 Å². The highest BCUT2D eigenvalue weighted by Gasteiger charge is 2.39. The molecule has 2 aliphatic heterocycles. The molecular weight excluding hydrogens is 781 g/mol. The molecule has 58 heavy (non-hydrogen) atoms. The lowest BCUT2D eigenvalue weighted by Gasteiger charge is -2.37. The molecule has 5 aromatic rings. The third-order valence-electron chi connectivity index (χ3n) is 10.1. The summed E-state index contributed by atoms with van der Waals surface area (Å²) in [5.41, 5.74) is 7.07. The molecule has 3 atom stereocenters. The summed E-state index contributed by atoms with van der Waals surface area (Å²) in [6.07, 6.45) is 2.61. The van der Waals surface area contributed by atoms with Crippen LogP contribution in [0.15, 0.2) is 97.3 Å². The van der Waals surface area contributed by atoms with Crippen LogP contribution < -0.4 is 19.5 Å². The van der Waals surface area contributed by atoms with Gasteiger partial charge in [0.2, 0.25) is 5.91 Å². The summed E-state index contributed by atoms with van der Waals surface area (Å²) in [6.45, 7) is 6.59. The molecule has 11 nitrogen and oxygen atoms in total. The highest BCUT2D eigenvalue weighted by atomic mass is 35.5. The first-order valence-electron chi connectivity index (χ1n) is 19.0. The number of carboxylic acid groups (broad SMARTS) is 1. The Morgan fingerprint density at radius 3 is 2.38 bits per heavy atom. The topological polar surface area (TPSA) is 137 Å². The van der Waals surface area contributed by atoms with Crippen LogP contribution in [-0.4, -0.2) is 58.3 Å². The standard InChI is InChI=1S/C45H43Cl2N3O8/c1-26(2)23-57-45(54)50-22-33-20-41-40(56-25-42(58-41)31-9-11-34(12-10-31)55-24-29-6-13-36(46)37(47)16-29)19-32(33)18-39(50)43(51)49-38(44(52)53)17-28-4-7-30(8-5-28)35-14-15-48-21-27(35)3/h4-16,19-21,26,38-39,42H,17-18,22-25H2,1-3H3,(H,49,51)(H,52,53). The fourth-order valence-corrected chi connectivity index (χ4v) is 7.28. The average Bonchev–Trinajstić information content (AvgIpc) is 3.22. The molecule has 0 bridgehead atoms. The third kappa shape index (κ3) is 9.49. The third-order valence-corrected chi connectivity index (χ3v) is 10.9. The summed E-state index contributed by atoms with van der Waals surface area (Å²) in [6, 6.07) is 23.8. The van der Waals surface area contributed by atoms with Crippen molar-refractivity contribution < 1.29 is 38.4 Å². The Labute approximate surface area is 346 Å². The maximum Gasteiger partial charge on any atom is 0.410 e. The maximum absolute atomic E-state index is 14.0. The number of rotatable bonds is 12. The van der Waals surface area contributed by atoms with E-state index in [0.717, 1.165) is 44.5 Å². The Morgan fingerprint density at radius 2 is 1.67 bits per heavy atom. The molecule has 300 valence electrons. The molecule has 2 amide bonds. The van der Waals surface area contributed by atoms with Gasteiger partial charge >= 0.3 is 12.1 Å². The van der Waals surface area contributed by atoms with Gasteiger partial charge in [-0.15, -0.1) is 0 Å². The van der Waals surface area contributed by atoms with E-state index in [1.54, 1.807) is 24.5 Å². The average molecular weight is 825 g/mol. The second-order valence-corrected chi connectivity index (χ2v) is 15.7. The van der Waals surface area contributed by atoms with Crippen LogP contribution in [0.4, 0.5) is 4.79 Å². The van der Waals surface area contributed by atoms with Gasteiger partial charge in [0, 0.05) is 25.2 Å². The van der Waals surface area contributed by atoms with Gasteiger partial charge in [-0.05, 0) is 99.8 Å². The summed E-state index contributed by atoms with van der Waals surface area (Å²) in [5.74, 6) is -0.0273. The molecule has 0 aliphatic carbocycles. The zero-order valence-corrected chi connectivity index (χ0v) is 33.8. The summed E-state index contributed by atoms with van der Waals surface area (Å²) >= 11 is 12.2. The molecule has 0 saturated heterocycles. The van der Waals surface area contributed by atoms with Crippen molar-refractivity contribution >= 4 is 41.2 Å². The lowest BCUT2D eigenvalue weighted by atomic mass is 9.92. The molecule has 3 heterocycles. The van der Waals surface area contributed by atoms with Crippen molar-refractivity contribution in [1.82, 2.24) is 15.2 Å². The number of halogens is 2. The van der Waals surface area contributed by atoms with Crippen LogP contribution in [-0.2, 0) is 40.3 Å². The van der Waals surface area contributed by atoms with Crippen LogP contribution in [0.25, 0.3) is 11.1 Å². The fraction of sp³-hybridized carbons (Fsp3) is 0.289. The van der Waals surface area contributed by atoms with Gasteiger partial charge in [-0.1, -0.05) is 79.5 Å². The molecule has 13 heteroatoms. The number of nitrogens with zero attached hydrogens (tertiary/aromatic N) is 2. The van der Waals surface area contributed by atoms with Gasteiger partial charge in [-0.3, -0.25) is 14.7 Å². The maximum atomic E-state index is 14.0. The second kappa shape index (κ2) is 17.8. The number of aryl methyl sites for hydroxylation is 1. The quantitative estimate of drug-likeness (QED) is 0.127. The monoisotopic (exact) mass is 823 g/mol. The number of aromatic nitrogens is 1. The first-order valence-corrected chi connectivity index (χ1v) is 19.8. The number of carboxylic acids is 1. The zero-order valence-electron chi connectivity index (χ0n) is 32.2. The minimum absolute atomic E-state index is 0.0458. The smallest absolute Gasteiger partial charge is 0.410 e. The van der Waals surface area contributed by atoms with Crippen molar-refractivity contribution in [2.45, 2.75) is 65.0 Å². The van der Waals surface area contributed by atoms with E-state index in [1.807, 2.05) is 93.6 Å².